The lowest BCUT2D eigenvalue weighted by Gasteiger charge is -2.15. The summed E-state index contributed by atoms with van der Waals surface area (Å²) in [6.45, 7) is 3.39. The number of aliphatic hydroxyl groups excluding tert-OH is 1. The third-order valence-electron chi connectivity index (χ3n) is 7.67. The van der Waals surface area contributed by atoms with Crippen molar-refractivity contribution in [2.75, 3.05) is 26.4 Å². The minimum absolute atomic E-state index is 0.0490. The molecule has 0 spiro atoms. The van der Waals surface area contributed by atoms with E-state index in [0.29, 0.717) is 12.8 Å². The summed E-state index contributed by atoms with van der Waals surface area (Å²) in [6, 6.07) is 0. The molecule has 1 amide bonds. The minimum atomic E-state index is -4.43. The van der Waals surface area contributed by atoms with Crippen LogP contribution in [0.2, 0.25) is 0 Å². The molecule has 0 saturated carbocycles. The molecule has 0 fully saturated rings. The van der Waals surface area contributed by atoms with E-state index in [-0.39, 0.29) is 32.1 Å². The van der Waals surface area contributed by atoms with Gasteiger partial charge >= 0.3 is 13.8 Å². The molecule has 0 aliphatic rings. The number of hydrogen-bond acceptors (Lipinski definition) is 7. The number of carbonyl (C=O) groups excluding carboxylic acids is 2. The highest BCUT2D eigenvalue weighted by atomic mass is 31.2. The van der Waals surface area contributed by atoms with Crippen LogP contribution in [-0.2, 0) is 27.9 Å². The molecule has 10 heteroatoms. The van der Waals surface area contributed by atoms with Crippen LogP contribution in [0.5, 0.6) is 0 Å². The van der Waals surface area contributed by atoms with E-state index in [4.69, 9.17) is 13.8 Å². The van der Waals surface area contributed by atoms with E-state index >= 15 is 0 Å². The SMILES string of the molecule is CCCCC/C=C\C/C=C\C/C=C\C/C=C\CCCC(=O)NCCOP(=O)(O)OCC(O)COC(=O)CCCCCCC/C=C\CCCCC. The maximum Gasteiger partial charge on any atom is 0.472 e. The highest BCUT2D eigenvalue weighted by Crippen LogP contribution is 2.42. The Morgan fingerprint density at radius 2 is 1.10 bits per heavy atom. The Kier molecular flexibility index (Phi) is 34.8. The summed E-state index contributed by atoms with van der Waals surface area (Å²) in [5.41, 5.74) is 0. The number of allylic oxidation sites excluding steroid dienone is 10. The summed E-state index contributed by atoms with van der Waals surface area (Å²) in [7, 11) is -4.43. The fourth-order valence-corrected chi connectivity index (χ4v) is 5.47. The van der Waals surface area contributed by atoms with Crippen molar-refractivity contribution >= 4 is 19.7 Å². The van der Waals surface area contributed by atoms with Crippen molar-refractivity contribution in [3.63, 3.8) is 0 Å². The number of aliphatic hydroxyl groups is 1. The molecule has 0 rings (SSSR count). The number of hydrogen-bond donors (Lipinski definition) is 3. The van der Waals surface area contributed by atoms with Gasteiger partial charge in [-0.3, -0.25) is 18.6 Å². The number of nitrogens with one attached hydrogen (secondary N) is 1. The molecule has 50 heavy (non-hydrogen) atoms. The second-order valence-electron chi connectivity index (χ2n) is 12.5. The fourth-order valence-electron chi connectivity index (χ4n) is 4.72. The maximum absolute atomic E-state index is 12.0. The van der Waals surface area contributed by atoms with Crippen molar-refractivity contribution < 1.29 is 37.9 Å². The molecule has 0 radical (unpaired) electrons. The van der Waals surface area contributed by atoms with E-state index in [9.17, 15) is 24.2 Å². The standard InChI is InChI=1S/C40H70NO8P/c1-3-5-7-9-11-13-15-17-18-19-20-21-22-24-26-28-30-32-39(43)41-34-35-48-50(45,46)49-37-38(42)36-47-40(44)33-31-29-27-25-23-16-14-12-10-8-6-4-2/h11-14,17-18,20-21,24,26,38,42H,3-10,15-16,19,22-23,25,27-37H2,1-2H3,(H,41,43)(H,45,46)/b13-11-,14-12-,18-17-,21-20-,26-24-. The largest absolute Gasteiger partial charge is 0.472 e. The van der Waals surface area contributed by atoms with Gasteiger partial charge in [0.15, 0.2) is 0 Å². The fraction of sp³-hybridized carbons (Fsp3) is 0.700. The number of carbonyl (C=O) groups is 2. The van der Waals surface area contributed by atoms with E-state index in [2.05, 4.69) is 79.9 Å². The molecule has 0 bridgehead atoms. The highest BCUT2D eigenvalue weighted by molar-refractivity contribution is 7.47. The Hall–Kier alpha value is -2.29. The second-order valence-corrected chi connectivity index (χ2v) is 14.0. The number of ether oxygens (including phenoxy) is 1. The van der Waals surface area contributed by atoms with Gasteiger partial charge in [0.2, 0.25) is 5.91 Å². The number of rotatable bonds is 35. The van der Waals surface area contributed by atoms with Crippen LogP contribution < -0.4 is 5.32 Å². The van der Waals surface area contributed by atoms with Gasteiger partial charge in [-0.1, -0.05) is 120 Å². The van der Waals surface area contributed by atoms with Crippen LogP contribution in [0.25, 0.3) is 0 Å². The molecule has 0 aromatic carbocycles. The molecule has 3 N–H and O–H groups in total. The lowest BCUT2D eigenvalue weighted by atomic mass is 10.1. The van der Waals surface area contributed by atoms with Gasteiger partial charge in [0.05, 0.1) is 13.2 Å². The second kappa shape index (κ2) is 36.5. The molecule has 0 aliphatic heterocycles. The topological polar surface area (TPSA) is 131 Å². The molecule has 2 atom stereocenters. The normalized spacial score (nSPS) is 14.1. The third kappa shape index (κ3) is 37.0. The van der Waals surface area contributed by atoms with Gasteiger partial charge in [0.1, 0.15) is 12.7 Å². The van der Waals surface area contributed by atoms with E-state index in [1.54, 1.807) is 0 Å². The van der Waals surface area contributed by atoms with Gasteiger partial charge < -0.3 is 20.1 Å². The zero-order valence-electron chi connectivity index (χ0n) is 31.3. The van der Waals surface area contributed by atoms with Crippen LogP contribution in [-0.4, -0.2) is 54.3 Å². The molecule has 288 valence electrons. The average molecular weight is 724 g/mol. The molecule has 0 aromatic heterocycles. The van der Waals surface area contributed by atoms with Gasteiger partial charge in [-0.2, -0.15) is 0 Å². The van der Waals surface area contributed by atoms with E-state index in [0.717, 1.165) is 64.2 Å². The van der Waals surface area contributed by atoms with Crippen molar-refractivity contribution in [3.05, 3.63) is 60.8 Å². The molecule has 2 unspecified atom stereocenters. The predicted octanol–water partition coefficient (Wildman–Crippen LogP) is 10.2. The Morgan fingerprint density at radius 3 is 1.68 bits per heavy atom. The van der Waals surface area contributed by atoms with Crippen LogP contribution in [0.15, 0.2) is 60.8 Å². The maximum atomic E-state index is 12.0. The van der Waals surface area contributed by atoms with E-state index in [1.165, 1.54) is 51.4 Å². The first kappa shape index (κ1) is 47.7. The monoisotopic (exact) mass is 723 g/mol. The van der Waals surface area contributed by atoms with Crippen molar-refractivity contribution in [2.45, 2.75) is 155 Å². The van der Waals surface area contributed by atoms with Gasteiger partial charge in [-0.05, 0) is 77.0 Å². The number of phosphoric acid groups is 1. The van der Waals surface area contributed by atoms with E-state index < -0.39 is 26.5 Å². The van der Waals surface area contributed by atoms with Crippen molar-refractivity contribution in [3.8, 4) is 0 Å². The summed E-state index contributed by atoms with van der Waals surface area (Å²) in [6.07, 6.45) is 41.6. The van der Waals surface area contributed by atoms with Gasteiger partial charge in [-0.25, -0.2) is 4.57 Å². The van der Waals surface area contributed by atoms with Crippen molar-refractivity contribution in [2.24, 2.45) is 0 Å². The summed E-state index contributed by atoms with van der Waals surface area (Å²) < 4.78 is 26.7. The first-order valence-corrected chi connectivity index (χ1v) is 20.8. The van der Waals surface area contributed by atoms with Gasteiger partial charge in [0, 0.05) is 19.4 Å². The van der Waals surface area contributed by atoms with Crippen LogP contribution in [0.4, 0.5) is 0 Å². The minimum Gasteiger partial charge on any atom is -0.463 e. The summed E-state index contributed by atoms with van der Waals surface area (Å²) in [5.74, 6) is -0.589. The number of esters is 1. The van der Waals surface area contributed by atoms with Crippen LogP contribution in [0, 0.1) is 0 Å². The molecule has 0 aromatic rings. The number of amides is 1. The number of phosphoric ester groups is 1. The molecule has 0 heterocycles. The molecular formula is C40H70NO8P. The highest BCUT2D eigenvalue weighted by Gasteiger charge is 2.23. The first-order valence-electron chi connectivity index (χ1n) is 19.3. The van der Waals surface area contributed by atoms with Gasteiger partial charge in [-0.15, -0.1) is 0 Å². The number of unbranched alkanes of at least 4 members (excludes halogenated alkanes) is 12. The smallest absolute Gasteiger partial charge is 0.463 e. The molecular weight excluding hydrogens is 653 g/mol. The molecule has 0 saturated heterocycles. The average Bonchev–Trinajstić information content (AvgIpc) is 3.10. The zero-order chi connectivity index (χ0) is 36.8. The Morgan fingerprint density at radius 1 is 0.620 bits per heavy atom. The summed E-state index contributed by atoms with van der Waals surface area (Å²) in [5, 5.41) is 12.6. The van der Waals surface area contributed by atoms with Crippen LogP contribution >= 0.6 is 7.82 Å². The van der Waals surface area contributed by atoms with Crippen molar-refractivity contribution in [1.82, 2.24) is 5.32 Å². The molecule has 0 aliphatic carbocycles. The zero-order valence-corrected chi connectivity index (χ0v) is 32.2. The van der Waals surface area contributed by atoms with Gasteiger partial charge in [0.25, 0.3) is 0 Å². The molecule has 9 nitrogen and oxygen atoms in total. The summed E-state index contributed by atoms with van der Waals surface area (Å²) in [4.78, 5) is 33.7. The first-order chi connectivity index (χ1) is 24.3. The Balaban J connectivity index is 3.73. The Labute approximate surface area is 304 Å². The van der Waals surface area contributed by atoms with E-state index in [1.807, 2.05) is 0 Å². The Bertz CT molecular complexity index is 1010. The lowest BCUT2D eigenvalue weighted by molar-refractivity contribution is -0.147. The summed E-state index contributed by atoms with van der Waals surface area (Å²) >= 11 is 0. The van der Waals surface area contributed by atoms with Crippen molar-refractivity contribution in [1.29, 1.82) is 0 Å². The lowest BCUT2D eigenvalue weighted by Crippen LogP contribution is -2.27. The van der Waals surface area contributed by atoms with Crippen LogP contribution in [0.3, 0.4) is 0 Å². The third-order valence-corrected chi connectivity index (χ3v) is 8.65. The predicted molar refractivity (Wildman–Crippen MR) is 206 cm³/mol. The van der Waals surface area contributed by atoms with Crippen LogP contribution in [0.1, 0.15) is 149 Å². The quantitative estimate of drug-likeness (QED) is 0.0255.